The van der Waals surface area contributed by atoms with Crippen LogP contribution in [0.25, 0.3) is 0 Å². The Labute approximate surface area is 134 Å². The summed E-state index contributed by atoms with van der Waals surface area (Å²) in [4.78, 5) is 37.2. The van der Waals surface area contributed by atoms with Crippen LogP contribution in [0.1, 0.15) is 31.1 Å². The van der Waals surface area contributed by atoms with Crippen LogP contribution in [-0.4, -0.2) is 41.5 Å². The average Bonchev–Trinajstić information content (AvgIpc) is 2.49. The van der Waals surface area contributed by atoms with Crippen molar-refractivity contribution < 1.29 is 24.2 Å². The molecule has 2 N–H and O–H groups in total. The summed E-state index contributed by atoms with van der Waals surface area (Å²) in [6.45, 7) is 4.40. The van der Waals surface area contributed by atoms with Crippen LogP contribution in [0, 0.1) is 11.3 Å². The van der Waals surface area contributed by atoms with E-state index in [-0.39, 0.29) is 0 Å². The Morgan fingerprint density at radius 1 is 1.17 bits per heavy atom. The Bertz CT molecular complexity index is 634. The van der Waals surface area contributed by atoms with E-state index in [9.17, 15) is 19.5 Å². The first-order valence-electron chi connectivity index (χ1n) is 7.35. The third-order valence-corrected chi connectivity index (χ3v) is 4.41. The molecule has 3 atom stereocenters. The molecule has 1 aromatic carbocycles. The zero-order chi connectivity index (χ0) is 17.4. The SMILES string of the molecule is COC(=O)C(C)(C(=O)c1ccccc1)C1NC(=O)C1C(C)(C)O. The summed E-state index contributed by atoms with van der Waals surface area (Å²) in [5.41, 5.74) is -2.63. The minimum atomic E-state index is -1.62. The normalized spacial score (nSPS) is 23.3. The monoisotopic (exact) mass is 319 g/mol. The molecule has 0 aromatic heterocycles. The molecule has 0 saturated carbocycles. The fourth-order valence-corrected chi connectivity index (χ4v) is 3.05. The second kappa shape index (κ2) is 5.77. The molecule has 1 heterocycles. The van der Waals surface area contributed by atoms with E-state index in [0.717, 1.165) is 0 Å². The zero-order valence-corrected chi connectivity index (χ0v) is 13.6. The van der Waals surface area contributed by atoms with Gasteiger partial charge in [-0.25, -0.2) is 0 Å². The van der Waals surface area contributed by atoms with Crippen LogP contribution in [0.15, 0.2) is 30.3 Å². The number of carbonyl (C=O) groups is 3. The Kier molecular flexibility index (Phi) is 4.30. The Morgan fingerprint density at radius 3 is 2.17 bits per heavy atom. The van der Waals surface area contributed by atoms with Gasteiger partial charge >= 0.3 is 5.97 Å². The van der Waals surface area contributed by atoms with E-state index in [1.807, 2.05) is 0 Å². The second-order valence-corrected chi connectivity index (χ2v) is 6.51. The van der Waals surface area contributed by atoms with Crippen molar-refractivity contribution in [1.82, 2.24) is 5.32 Å². The maximum Gasteiger partial charge on any atom is 0.321 e. The number of hydrogen-bond donors (Lipinski definition) is 2. The Morgan fingerprint density at radius 2 is 1.74 bits per heavy atom. The Balaban J connectivity index is 2.47. The van der Waals surface area contributed by atoms with Crippen molar-refractivity contribution in [2.45, 2.75) is 32.4 Å². The number of amides is 1. The van der Waals surface area contributed by atoms with Gasteiger partial charge < -0.3 is 15.2 Å². The summed E-state index contributed by atoms with van der Waals surface area (Å²) in [5, 5.41) is 12.8. The lowest BCUT2D eigenvalue weighted by molar-refractivity contribution is -0.164. The molecule has 23 heavy (non-hydrogen) atoms. The van der Waals surface area contributed by atoms with Crippen molar-refractivity contribution in [2.24, 2.45) is 11.3 Å². The molecule has 124 valence electrons. The van der Waals surface area contributed by atoms with Crippen LogP contribution >= 0.6 is 0 Å². The van der Waals surface area contributed by atoms with Gasteiger partial charge in [-0.2, -0.15) is 0 Å². The van der Waals surface area contributed by atoms with Crippen LogP contribution in [-0.2, 0) is 14.3 Å². The summed E-state index contributed by atoms with van der Waals surface area (Å²) in [6.07, 6.45) is 0. The van der Waals surface area contributed by atoms with E-state index < -0.39 is 40.6 Å². The third-order valence-electron chi connectivity index (χ3n) is 4.41. The fraction of sp³-hybridized carbons (Fsp3) is 0.471. The summed E-state index contributed by atoms with van der Waals surface area (Å²) >= 11 is 0. The van der Waals surface area contributed by atoms with Crippen molar-refractivity contribution in [2.75, 3.05) is 7.11 Å². The molecule has 1 aliphatic heterocycles. The molecule has 1 amide bonds. The maximum atomic E-state index is 12.9. The van der Waals surface area contributed by atoms with E-state index in [4.69, 9.17) is 4.74 Å². The number of Topliss-reactive ketones (excluding diaryl/α,β-unsaturated/α-hetero) is 1. The van der Waals surface area contributed by atoms with Crippen LogP contribution in [0.4, 0.5) is 0 Å². The molecule has 1 fully saturated rings. The number of aliphatic hydroxyl groups is 1. The van der Waals surface area contributed by atoms with Crippen molar-refractivity contribution in [3.05, 3.63) is 35.9 Å². The van der Waals surface area contributed by atoms with Gasteiger partial charge in [-0.3, -0.25) is 14.4 Å². The highest BCUT2D eigenvalue weighted by Gasteiger charge is 2.62. The highest BCUT2D eigenvalue weighted by Crippen LogP contribution is 2.41. The smallest absolute Gasteiger partial charge is 0.321 e. The van der Waals surface area contributed by atoms with Gasteiger partial charge in [-0.05, 0) is 20.8 Å². The molecule has 1 aromatic rings. The lowest BCUT2D eigenvalue weighted by atomic mass is 9.63. The quantitative estimate of drug-likeness (QED) is 0.364. The summed E-state index contributed by atoms with van der Waals surface area (Å²) < 4.78 is 4.82. The lowest BCUT2D eigenvalue weighted by Crippen LogP contribution is -2.73. The number of hydrogen-bond acceptors (Lipinski definition) is 5. The first-order chi connectivity index (χ1) is 10.6. The molecule has 3 unspecified atom stereocenters. The number of ketones is 1. The van der Waals surface area contributed by atoms with Crippen LogP contribution in [0.5, 0.6) is 0 Å². The van der Waals surface area contributed by atoms with Gasteiger partial charge in [0.2, 0.25) is 5.91 Å². The summed E-state index contributed by atoms with van der Waals surface area (Å²) in [6, 6.07) is 7.51. The van der Waals surface area contributed by atoms with Gasteiger partial charge in [-0.15, -0.1) is 0 Å². The van der Waals surface area contributed by atoms with Gasteiger partial charge in [0.25, 0.3) is 0 Å². The third kappa shape index (κ3) is 2.74. The van der Waals surface area contributed by atoms with Gasteiger partial charge in [0.15, 0.2) is 5.78 Å². The molecule has 0 radical (unpaired) electrons. The van der Waals surface area contributed by atoms with Gasteiger partial charge in [0, 0.05) is 5.56 Å². The lowest BCUT2D eigenvalue weighted by Gasteiger charge is -2.49. The predicted octanol–water partition coefficient (Wildman–Crippen LogP) is 0.934. The molecule has 6 heteroatoms. The van der Waals surface area contributed by atoms with E-state index in [2.05, 4.69) is 5.32 Å². The van der Waals surface area contributed by atoms with Gasteiger partial charge in [-0.1, -0.05) is 30.3 Å². The number of carbonyl (C=O) groups excluding carboxylic acids is 3. The number of nitrogens with one attached hydrogen (secondary N) is 1. The average molecular weight is 319 g/mol. The number of benzene rings is 1. The van der Waals surface area contributed by atoms with Crippen molar-refractivity contribution in [3.63, 3.8) is 0 Å². The summed E-state index contributed by atoms with van der Waals surface area (Å²) in [5.74, 6) is -2.47. The Hall–Kier alpha value is -2.21. The molecule has 6 nitrogen and oxygen atoms in total. The molecule has 0 bridgehead atoms. The summed E-state index contributed by atoms with van der Waals surface area (Å²) in [7, 11) is 1.19. The molecule has 2 rings (SSSR count). The highest BCUT2D eigenvalue weighted by molar-refractivity contribution is 6.14. The van der Waals surface area contributed by atoms with Crippen LogP contribution in [0.3, 0.4) is 0 Å². The molecule has 1 aliphatic rings. The van der Waals surface area contributed by atoms with Crippen molar-refractivity contribution in [1.29, 1.82) is 0 Å². The van der Waals surface area contributed by atoms with E-state index in [1.54, 1.807) is 30.3 Å². The van der Waals surface area contributed by atoms with E-state index in [0.29, 0.717) is 5.56 Å². The number of β-lactam (4-membered cyclic amide) rings is 1. The fourth-order valence-electron chi connectivity index (χ4n) is 3.05. The maximum absolute atomic E-state index is 12.9. The van der Waals surface area contributed by atoms with Crippen LogP contribution < -0.4 is 5.32 Å². The van der Waals surface area contributed by atoms with Crippen LogP contribution in [0.2, 0.25) is 0 Å². The largest absolute Gasteiger partial charge is 0.468 e. The predicted molar refractivity (Wildman–Crippen MR) is 82.6 cm³/mol. The number of rotatable bonds is 5. The molecule has 1 saturated heterocycles. The van der Waals surface area contributed by atoms with Crippen molar-refractivity contribution in [3.8, 4) is 0 Å². The second-order valence-electron chi connectivity index (χ2n) is 6.51. The number of esters is 1. The molecular formula is C17H21NO5. The van der Waals surface area contributed by atoms with Gasteiger partial charge in [0.1, 0.15) is 5.41 Å². The number of methoxy groups -OCH3 is 1. The minimum absolute atomic E-state index is 0.344. The zero-order valence-electron chi connectivity index (χ0n) is 13.6. The first-order valence-corrected chi connectivity index (χ1v) is 7.35. The first kappa shape index (κ1) is 17.1. The molecule has 0 aliphatic carbocycles. The van der Waals surface area contributed by atoms with Gasteiger partial charge in [0.05, 0.1) is 24.7 Å². The minimum Gasteiger partial charge on any atom is -0.468 e. The highest BCUT2D eigenvalue weighted by atomic mass is 16.5. The van der Waals surface area contributed by atoms with E-state index in [1.165, 1.54) is 27.9 Å². The van der Waals surface area contributed by atoms with E-state index >= 15 is 0 Å². The standard InChI is InChI=1S/C17H21NO5/c1-16(2,22)11-12(18-14(11)20)17(3,15(21)23-4)13(19)10-8-6-5-7-9-10/h5-9,11-12,22H,1-4H3,(H,18,20). The molecular weight excluding hydrogens is 298 g/mol. The number of ether oxygens (including phenoxy) is 1. The van der Waals surface area contributed by atoms with Crippen molar-refractivity contribution >= 4 is 17.7 Å². The molecule has 0 spiro atoms. The topological polar surface area (TPSA) is 92.7 Å².